The molecule has 2 atom stereocenters. The maximum atomic E-state index is 6.33. The van der Waals surface area contributed by atoms with Crippen molar-refractivity contribution in [2.24, 2.45) is 0 Å². The zero-order chi connectivity index (χ0) is 13.5. The standard InChI is InChI=1S/C17H15ClN2/c18-13-8-2-1-7-12(13)17-19-14-9-3-5-11-6-4-10-15(20-17)16(11)14/h1-9,15,17,19-20H,10H2. The van der Waals surface area contributed by atoms with Crippen LogP contribution in [0.1, 0.15) is 35.3 Å². The maximum Gasteiger partial charge on any atom is 0.105 e. The van der Waals surface area contributed by atoms with Crippen LogP contribution in [0, 0.1) is 0 Å². The minimum atomic E-state index is 0.0583. The number of rotatable bonds is 1. The molecule has 2 aromatic carbocycles. The highest BCUT2D eigenvalue weighted by Gasteiger charge is 2.29. The summed E-state index contributed by atoms with van der Waals surface area (Å²) in [5.41, 5.74) is 4.98. The fourth-order valence-corrected chi connectivity index (χ4v) is 3.36. The van der Waals surface area contributed by atoms with Crippen LogP contribution in [0.2, 0.25) is 5.02 Å². The van der Waals surface area contributed by atoms with E-state index < -0.39 is 0 Å². The van der Waals surface area contributed by atoms with Crippen LogP contribution in [0.3, 0.4) is 0 Å². The second-order valence-electron chi connectivity index (χ2n) is 5.26. The predicted molar refractivity (Wildman–Crippen MR) is 83.8 cm³/mol. The van der Waals surface area contributed by atoms with E-state index in [-0.39, 0.29) is 6.17 Å². The van der Waals surface area contributed by atoms with Crippen LogP contribution < -0.4 is 10.6 Å². The van der Waals surface area contributed by atoms with Gasteiger partial charge in [0, 0.05) is 22.3 Å². The van der Waals surface area contributed by atoms with Crippen molar-refractivity contribution in [3.8, 4) is 0 Å². The lowest BCUT2D eigenvalue weighted by Gasteiger charge is -2.37. The molecule has 100 valence electrons. The van der Waals surface area contributed by atoms with Crippen LogP contribution in [0.15, 0.2) is 48.5 Å². The lowest BCUT2D eigenvalue weighted by atomic mass is 9.88. The lowest BCUT2D eigenvalue weighted by molar-refractivity contribution is 0.457. The molecule has 2 aromatic rings. The highest BCUT2D eigenvalue weighted by molar-refractivity contribution is 6.31. The smallest absolute Gasteiger partial charge is 0.105 e. The van der Waals surface area contributed by atoms with Crippen molar-refractivity contribution in [1.29, 1.82) is 0 Å². The topological polar surface area (TPSA) is 24.1 Å². The average Bonchev–Trinajstić information content (AvgIpc) is 2.48. The number of hydrogen-bond donors (Lipinski definition) is 2. The van der Waals surface area contributed by atoms with E-state index in [2.05, 4.69) is 47.1 Å². The third-order valence-electron chi connectivity index (χ3n) is 4.04. The molecule has 1 aliphatic carbocycles. The van der Waals surface area contributed by atoms with Gasteiger partial charge in [0.1, 0.15) is 6.17 Å². The van der Waals surface area contributed by atoms with Gasteiger partial charge < -0.3 is 5.32 Å². The third-order valence-corrected chi connectivity index (χ3v) is 4.39. The Bertz CT molecular complexity index is 693. The Kier molecular flexibility index (Phi) is 2.79. The molecule has 1 heterocycles. The van der Waals surface area contributed by atoms with Crippen molar-refractivity contribution in [2.45, 2.75) is 18.6 Å². The first-order valence-electron chi connectivity index (χ1n) is 6.89. The quantitative estimate of drug-likeness (QED) is 0.804. The largest absolute Gasteiger partial charge is 0.366 e. The molecule has 0 amide bonds. The van der Waals surface area contributed by atoms with E-state index in [9.17, 15) is 0 Å². The van der Waals surface area contributed by atoms with Crippen molar-refractivity contribution < 1.29 is 0 Å². The number of hydrogen-bond acceptors (Lipinski definition) is 2. The van der Waals surface area contributed by atoms with Crippen molar-refractivity contribution in [2.75, 3.05) is 5.32 Å². The Hall–Kier alpha value is -1.77. The Morgan fingerprint density at radius 1 is 1.05 bits per heavy atom. The summed E-state index contributed by atoms with van der Waals surface area (Å²) in [5.74, 6) is 0. The van der Waals surface area contributed by atoms with Gasteiger partial charge in [-0.25, -0.2) is 0 Å². The van der Waals surface area contributed by atoms with E-state index >= 15 is 0 Å². The third kappa shape index (κ3) is 1.84. The van der Waals surface area contributed by atoms with Crippen LogP contribution in [-0.4, -0.2) is 0 Å². The van der Waals surface area contributed by atoms with Crippen LogP contribution in [0.5, 0.6) is 0 Å². The van der Waals surface area contributed by atoms with Gasteiger partial charge in [0.2, 0.25) is 0 Å². The number of halogens is 1. The van der Waals surface area contributed by atoms with Crippen LogP contribution in [0.4, 0.5) is 5.69 Å². The summed E-state index contributed by atoms with van der Waals surface area (Å²) in [6.07, 6.45) is 5.52. The molecular formula is C17H15ClN2. The monoisotopic (exact) mass is 282 g/mol. The zero-order valence-corrected chi connectivity index (χ0v) is 11.7. The summed E-state index contributed by atoms with van der Waals surface area (Å²) in [5, 5.41) is 8.02. The molecule has 2 N–H and O–H groups in total. The van der Waals surface area contributed by atoms with Gasteiger partial charge in [-0.05, 0) is 29.7 Å². The molecule has 0 saturated carbocycles. The fraction of sp³-hybridized carbons (Fsp3) is 0.176. The molecule has 0 fully saturated rings. The summed E-state index contributed by atoms with van der Waals surface area (Å²) < 4.78 is 0. The summed E-state index contributed by atoms with van der Waals surface area (Å²) in [4.78, 5) is 0. The molecule has 0 radical (unpaired) electrons. The average molecular weight is 283 g/mol. The molecule has 3 heteroatoms. The van der Waals surface area contributed by atoms with E-state index in [1.165, 1.54) is 16.8 Å². The van der Waals surface area contributed by atoms with Gasteiger partial charge in [-0.2, -0.15) is 0 Å². The van der Waals surface area contributed by atoms with Gasteiger partial charge in [-0.3, -0.25) is 5.32 Å². The highest BCUT2D eigenvalue weighted by Crippen LogP contribution is 2.40. The Balaban J connectivity index is 1.78. The molecule has 0 aromatic heterocycles. The summed E-state index contributed by atoms with van der Waals surface area (Å²) in [6, 6.07) is 14.8. The fourth-order valence-electron chi connectivity index (χ4n) is 3.12. The second kappa shape index (κ2) is 4.65. The highest BCUT2D eigenvalue weighted by atomic mass is 35.5. The van der Waals surface area contributed by atoms with Gasteiger partial charge in [-0.15, -0.1) is 0 Å². The van der Waals surface area contributed by atoms with E-state index in [0.29, 0.717) is 6.04 Å². The molecule has 2 aliphatic rings. The van der Waals surface area contributed by atoms with Crippen LogP contribution >= 0.6 is 11.6 Å². The Morgan fingerprint density at radius 3 is 2.85 bits per heavy atom. The summed E-state index contributed by atoms with van der Waals surface area (Å²) >= 11 is 6.33. The zero-order valence-electron chi connectivity index (χ0n) is 10.9. The molecule has 0 bridgehead atoms. The SMILES string of the molecule is Clc1ccccc1C1Nc2cccc3c2C(CC=C3)N1. The van der Waals surface area contributed by atoms with E-state index in [0.717, 1.165) is 17.0 Å². The maximum absolute atomic E-state index is 6.33. The minimum Gasteiger partial charge on any atom is -0.366 e. The molecule has 20 heavy (non-hydrogen) atoms. The number of benzene rings is 2. The van der Waals surface area contributed by atoms with Gasteiger partial charge in [0.05, 0.1) is 0 Å². The Morgan fingerprint density at radius 2 is 1.95 bits per heavy atom. The molecule has 2 nitrogen and oxygen atoms in total. The van der Waals surface area contributed by atoms with Crippen LogP contribution in [0.25, 0.3) is 6.08 Å². The predicted octanol–water partition coefficient (Wildman–Crippen LogP) is 4.51. The molecule has 1 aliphatic heterocycles. The van der Waals surface area contributed by atoms with Gasteiger partial charge >= 0.3 is 0 Å². The normalized spacial score (nSPS) is 23.1. The molecule has 0 saturated heterocycles. The first kappa shape index (κ1) is 12.0. The molecular weight excluding hydrogens is 268 g/mol. The lowest BCUT2D eigenvalue weighted by Crippen LogP contribution is -2.37. The van der Waals surface area contributed by atoms with Crippen molar-refractivity contribution >= 4 is 23.4 Å². The van der Waals surface area contributed by atoms with Crippen molar-refractivity contribution in [1.82, 2.24) is 5.32 Å². The van der Waals surface area contributed by atoms with E-state index in [1.54, 1.807) is 0 Å². The number of anilines is 1. The molecule has 0 spiro atoms. The molecule has 4 rings (SSSR count). The van der Waals surface area contributed by atoms with E-state index in [4.69, 9.17) is 11.6 Å². The summed E-state index contributed by atoms with van der Waals surface area (Å²) in [7, 11) is 0. The second-order valence-corrected chi connectivity index (χ2v) is 5.67. The number of nitrogens with one attached hydrogen (secondary N) is 2. The van der Waals surface area contributed by atoms with Crippen LogP contribution in [-0.2, 0) is 0 Å². The van der Waals surface area contributed by atoms with Gasteiger partial charge in [-0.1, -0.05) is 54.1 Å². The molecule has 2 unspecified atom stereocenters. The van der Waals surface area contributed by atoms with Gasteiger partial charge in [0.25, 0.3) is 0 Å². The minimum absolute atomic E-state index is 0.0583. The first-order valence-corrected chi connectivity index (χ1v) is 7.27. The first-order chi connectivity index (χ1) is 9.83. The Labute approximate surface area is 123 Å². The van der Waals surface area contributed by atoms with Crippen molar-refractivity contribution in [3.63, 3.8) is 0 Å². The summed E-state index contributed by atoms with van der Waals surface area (Å²) in [6.45, 7) is 0. The van der Waals surface area contributed by atoms with Gasteiger partial charge in [0.15, 0.2) is 0 Å². The van der Waals surface area contributed by atoms with Crippen molar-refractivity contribution in [3.05, 3.63) is 70.3 Å². The van der Waals surface area contributed by atoms with E-state index in [1.807, 2.05) is 18.2 Å².